The summed E-state index contributed by atoms with van der Waals surface area (Å²) in [6.07, 6.45) is 3.67. The van der Waals surface area contributed by atoms with E-state index in [1.807, 2.05) is 0 Å². The molecule has 4 heteroatoms. The monoisotopic (exact) mass is 193 g/mol. The third kappa shape index (κ3) is 1.10. The molecule has 0 spiro atoms. The normalized spacial score (nSPS) is 25.5. The van der Waals surface area contributed by atoms with Crippen LogP contribution in [0.15, 0.2) is 4.52 Å². The molecule has 0 atom stereocenters. The van der Waals surface area contributed by atoms with Crippen LogP contribution in [0.1, 0.15) is 43.8 Å². The fourth-order valence-corrected chi connectivity index (χ4v) is 2.04. The number of hydrogen-bond donors (Lipinski definition) is 1. The molecular weight excluding hydrogens is 178 g/mol. The first kappa shape index (κ1) is 8.41. The number of aromatic nitrogens is 2. The van der Waals surface area contributed by atoms with Crippen molar-refractivity contribution in [2.24, 2.45) is 0 Å². The van der Waals surface area contributed by atoms with Crippen LogP contribution in [0.3, 0.4) is 0 Å². The quantitative estimate of drug-likeness (QED) is 0.766. The van der Waals surface area contributed by atoms with Crippen molar-refractivity contribution in [3.63, 3.8) is 0 Å². The molecule has 0 aromatic carbocycles. The van der Waals surface area contributed by atoms with Crippen molar-refractivity contribution >= 4 is 0 Å². The maximum absolute atomic E-state index is 5.34. The SMILES string of the molecule is CC1(c2nc(C3CNC3)no2)CCC1. The van der Waals surface area contributed by atoms with Gasteiger partial charge in [-0.25, -0.2) is 0 Å². The lowest BCUT2D eigenvalue weighted by Crippen LogP contribution is -2.40. The molecule has 3 rings (SSSR count). The van der Waals surface area contributed by atoms with Crippen molar-refractivity contribution in [2.45, 2.75) is 37.5 Å². The summed E-state index contributed by atoms with van der Waals surface area (Å²) in [5.74, 6) is 2.23. The lowest BCUT2D eigenvalue weighted by atomic mass is 9.70. The van der Waals surface area contributed by atoms with E-state index >= 15 is 0 Å². The molecule has 0 unspecified atom stereocenters. The van der Waals surface area contributed by atoms with Gasteiger partial charge in [0.2, 0.25) is 5.89 Å². The van der Waals surface area contributed by atoms with Gasteiger partial charge in [0, 0.05) is 24.4 Å². The third-order valence-electron chi connectivity index (χ3n) is 3.56. The molecule has 14 heavy (non-hydrogen) atoms. The van der Waals surface area contributed by atoms with Gasteiger partial charge in [-0.15, -0.1) is 0 Å². The summed E-state index contributed by atoms with van der Waals surface area (Å²) in [6.45, 7) is 4.21. The van der Waals surface area contributed by atoms with Crippen LogP contribution in [0.4, 0.5) is 0 Å². The second-order valence-corrected chi connectivity index (χ2v) is 4.73. The number of rotatable bonds is 2. The molecule has 0 radical (unpaired) electrons. The van der Waals surface area contributed by atoms with Crippen LogP contribution in [-0.4, -0.2) is 23.2 Å². The minimum absolute atomic E-state index is 0.183. The van der Waals surface area contributed by atoms with Crippen LogP contribution in [0.2, 0.25) is 0 Å². The molecule has 1 aliphatic heterocycles. The second kappa shape index (κ2) is 2.79. The standard InChI is InChI=1S/C10H15N3O/c1-10(3-2-4-10)9-12-8(13-14-9)7-5-11-6-7/h7,11H,2-6H2,1H3. The zero-order chi connectivity index (χ0) is 9.60. The smallest absolute Gasteiger partial charge is 0.232 e. The summed E-state index contributed by atoms with van der Waals surface area (Å²) >= 11 is 0. The van der Waals surface area contributed by atoms with E-state index in [1.54, 1.807) is 0 Å². The van der Waals surface area contributed by atoms with Crippen molar-refractivity contribution in [1.29, 1.82) is 0 Å². The van der Waals surface area contributed by atoms with Crippen molar-refractivity contribution in [1.82, 2.24) is 15.5 Å². The van der Waals surface area contributed by atoms with E-state index in [9.17, 15) is 0 Å². The Morgan fingerprint density at radius 3 is 2.71 bits per heavy atom. The van der Waals surface area contributed by atoms with Gasteiger partial charge < -0.3 is 9.84 Å². The van der Waals surface area contributed by atoms with Crippen LogP contribution in [0, 0.1) is 0 Å². The first-order chi connectivity index (χ1) is 6.78. The molecule has 0 amide bonds. The van der Waals surface area contributed by atoms with Crippen molar-refractivity contribution < 1.29 is 4.52 Å². The molecule has 76 valence electrons. The van der Waals surface area contributed by atoms with Crippen LogP contribution < -0.4 is 5.32 Å². The van der Waals surface area contributed by atoms with Gasteiger partial charge in [0.15, 0.2) is 5.82 Å². The predicted molar refractivity (Wildman–Crippen MR) is 51.1 cm³/mol. The van der Waals surface area contributed by atoms with E-state index in [0.717, 1.165) is 24.8 Å². The molecule has 2 aliphatic rings. The summed E-state index contributed by atoms with van der Waals surface area (Å²) in [5.41, 5.74) is 0.183. The van der Waals surface area contributed by atoms with Crippen LogP contribution in [-0.2, 0) is 5.41 Å². The largest absolute Gasteiger partial charge is 0.339 e. The van der Waals surface area contributed by atoms with Gasteiger partial charge in [-0.2, -0.15) is 4.98 Å². The van der Waals surface area contributed by atoms with Gasteiger partial charge in [0.05, 0.1) is 0 Å². The molecule has 1 aliphatic carbocycles. The highest BCUT2D eigenvalue weighted by molar-refractivity contribution is 5.11. The fourth-order valence-electron chi connectivity index (χ4n) is 2.04. The topological polar surface area (TPSA) is 51.0 Å². The summed E-state index contributed by atoms with van der Waals surface area (Å²) in [5, 5.41) is 7.27. The predicted octanol–water partition coefficient (Wildman–Crippen LogP) is 1.20. The highest BCUT2D eigenvalue weighted by atomic mass is 16.5. The molecular formula is C10H15N3O. The maximum Gasteiger partial charge on any atom is 0.232 e. The average Bonchev–Trinajstić information content (AvgIpc) is 2.46. The van der Waals surface area contributed by atoms with E-state index in [2.05, 4.69) is 22.4 Å². The van der Waals surface area contributed by atoms with Crippen molar-refractivity contribution in [2.75, 3.05) is 13.1 Å². The van der Waals surface area contributed by atoms with E-state index < -0.39 is 0 Å². The number of hydrogen-bond acceptors (Lipinski definition) is 4. The zero-order valence-electron chi connectivity index (χ0n) is 8.42. The minimum Gasteiger partial charge on any atom is -0.339 e. The first-order valence-electron chi connectivity index (χ1n) is 5.33. The Balaban J connectivity index is 1.82. The Bertz CT molecular complexity index is 339. The molecule has 4 nitrogen and oxygen atoms in total. The summed E-state index contributed by atoms with van der Waals surface area (Å²) in [7, 11) is 0. The minimum atomic E-state index is 0.183. The highest BCUT2D eigenvalue weighted by Crippen LogP contribution is 2.42. The Labute approximate surface area is 83.1 Å². The van der Waals surface area contributed by atoms with Crippen LogP contribution in [0.25, 0.3) is 0 Å². The first-order valence-corrected chi connectivity index (χ1v) is 5.33. The maximum atomic E-state index is 5.34. The van der Waals surface area contributed by atoms with Gasteiger partial charge in [0.1, 0.15) is 0 Å². The molecule has 1 N–H and O–H groups in total. The highest BCUT2D eigenvalue weighted by Gasteiger charge is 2.39. The summed E-state index contributed by atoms with van der Waals surface area (Å²) in [4.78, 5) is 4.51. The lowest BCUT2D eigenvalue weighted by Gasteiger charge is -2.34. The number of nitrogens with one attached hydrogen (secondary N) is 1. The van der Waals surface area contributed by atoms with Gasteiger partial charge in [0.25, 0.3) is 0 Å². The van der Waals surface area contributed by atoms with Gasteiger partial charge >= 0.3 is 0 Å². The molecule has 1 saturated carbocycles. The second-order valence-electron chi connectivity index (χ2n) is 4.73. The average molecular weight is 193 g/mol. The molecule has 1 aromatic heterocycles. The van der Waals surface area contributed by atoms with E-state index in [0.29, 0.717) is 5.92 Å². The van der Waals surface area contributed by atoms with Gasteiger partial charge in [-0.3, -0.25) is 0 Å². The molecule has 1 saturated heterocycles. The van der Waals surface area contributed by atoms with E-state index in [4.69, 9.17) is 4.52 Å². The van der Waals surface area contributed by atoms with Gasteiger partial charge in [-0.05, 0) is 12.8 Å². The molecule has 1 aromatic rings. The fraction of sp³-hybridized carbons (Fsp3) is 0.800. The van der Waals surface area contributed by atoms with E-state index in [1.165, 1.54) is 19.3 Å². The lowest BCUT2D eigenvalue weighted by molar-refractivity contribution is 0.194. The van der Waals surface area contributed by atoms with Crippen molar-refractivity contribution in [3.8, 4) is 0 Å². The van der Waals surface area contributed by atoms with Crippen molar-refractivity contribution in [3.05, 3.63) is 11.7 Å². The van der Waals surface area contributed by atoms with E-state index in [-0.39, 0.29) is 5.41 Å². The zero-order valence-corrected chi connectivity index (χ0v) is 8.42. The van der Waals surface area contributed by atoms with Crippen LogP contribution >= 0.6 is 0 Å². The third-order valence-corrected chi connectivity index (χ3v) is 3.56. The molecule has 0 bridgehead atoms. The Kier molecular flexibility index (Phi) is 1.68. The van der Waals surface area contributed by atoms with Gasteiger partial charge in [-0.1, -0.05) is 18.5 Å². The summed E-state index contributed by atoms with van der Waals surface area (Å²) < 4.78 is 5.34. The molecule has 2 fully saturated rings. The Hall–Kier alpha value is -0.900. The van der Waals surface area contributed by atoms with Crippen LogP contribution in [0.5, 0.6) is 0 Å². The molecule has 2 heterocycles. The Morgan fingerprint density at radius 2 is 2.21 bits per heavy atom. The Morgan fingerprint density at radius 1 is 1.43 bits per heavy atom. The summed E-state index contributed by atoms with van der Waals surface area (Å²) in [6, 6.07) is 0. The number of nitrogens with zero attached hydrogens (tertiary/aromatic N) is 2.